The molecule has 1 aromatic carbocycles. The van der Waals surface area contributed by atoms with Crippen molar-refractivity contribution < 1.29 is 9.53 Å². The Morgan fingerprint density at radius 3 is 3.00 bits per heavy atom. The number of methoxy groups -OCH3 is 1. The number of amides is 1. The van der Waals surface area contributed by atoms with Crippen molar-refractivity contribution in [3.63, 3.8) is 0 Å². The van der Waals surface area contributed by atoms with E-state index in [1.807, 2.05) is 18.2 Å². The number of halogens is 1. The molecular weight excluding hydrogens is 240 g/mol. The number of nitrogens with one attached hydrogen (secondary N) is 2. The lowest BCUT2D eigenvalue weighted by atomic mass is 10.2. The fourth-order valence-electron chi connectivity index (χ4n) is 1.29. The van der Waals surface area contributed by atoms with E-state index in [9.17, 15) is 4.79 Å². The van der Waals surface area contributed by atoms with E-state index in [0.717, 1.165) is 5.56 Å². The molecule has 1 amide bonds. The first-order valence-electron chi connectivity index (χ1n) is 5.43. The zero-order chi connectivity index (χ0) is 12.5. The number of ether oxygens (including phenoxy) is 1. The summed E-state index contributed by atoms with van der Waals surface area (Å²) in [6.45, 7) is 2.05. The van der Waals surface area contributed by atoms with E-state index in [0.29, 0.717) is 31.3 Å². The van der Waals surface area contributed by atoms with E-state index in [-0.39, 0.29) is 5.91 Å². The SMILES string of the molecule is COCCNCC(=O)NCc1cccc(Cl)c1. The van der Waals surface area contributed by atoms with Crippen LogP contribution in [0.3, 0.4) is 0 Å². The van der Waals surface area contributed by atoms with Crippen LogP contribution in [0.15, 0.2) is 24.3 Å². The number of hydrogen-bond acceptors (Lipinski definition) is 3. The van der Waals surface area contributed by atoms with E-state index in [4.69, 9.17) is 16.3 Å². The number of rotatable bonds is 7. The maximum atomic E-state index is 11.4. The fourth-order valence-corrected chi connectivity index (χ4v) is 1.50. The lowest BCUT2D eigenvalue weighted by molar-refractivity contribution is -0.120. The third kappa shape index (κ3) is 6.26. The van der Waals surface area contributed by atoms with Crippen molar-refractivity contribution in [1.29, 1.82) is 0 Å². The van der Waals surface area contributed by atoms with E-state index in [1.165, 1.54) is 0 Å². The molecule has 0 radical (unpaired) electrons. The Kier molecular flexibility index (Phi) is 6.62. The molecule has 0 aromatic heterocycles. The molecule has 0 unspecified atom stereocenters. The zero-order valence-corrected chi connectivity index (χ0v) is 10.6. The molecular formula is C12H17ClN2O2. The molecule has 1 aromatic rings. The van der Waals surface area contributed by atoms with Crippen molar-refractivity contribution in [2.45, 2.75) is 6.54 Å². The molecule has 0 atom stereocenters. The van der Waals surface area contributed by atoms with Crippen molar-refractivity contribution in [3.8, 4) is 0 Å². The van der Waals surface area contributed by atoms with Gasteiger partial charge >= 0.3 is 0 Å². The third-order valence-electron chi connectivity index (χ3n) is 2.15. The minimum atomic E-state index is -0.0407. The van der Waals surface area contributed by atoms with Gasteiger partial charge in [0.2, 0.25) is 5.91 Å². The molecule has 0 heterocycles. The summed E-state index contributed by atoms with van der Waals surface area (Å²) < 4.78 is 4.86. The largest absolute Gasteiger partial charge is 0.383 e. The van der Waals surface area contributed by atoms with Crippen LogP contribution in [0.1, 0.15) is 5.56 Å². The molecule has 0 aliphatic carbocycles. The molecule has 5 heteroatoms. The second-order valence-electron chi connectivity index (χ2n) is 3.58. The summed E-state index contributed by atoms with van der Waals surface area (Å²) in [6.07, 6.45) is 0. The first kappa shape index (κ1) is 14.0. The summed E-state index contributed by atoms with van der Waals surface area (Å²) in [5.41, 5.74) is 0.989. The Bertz CT molecular complexity index is 358. The average molecular weight is 257 g/mol. The summed E-state index contributed by atoms with van der Waals surface area (Å²) in [4.78, 5) is 11.4. The quantitative estimate of drug-likeness (QED) is 0.721. The number of hydrogen-bond donors (Lipinski definition) is 2. The topological polar surface area (TPSA) is 50.4 Å². The van der Waals surface area contributed by atoms with Crippen LogP contribution in [0.2, 0.25) is 5.02 Å². The van der Waals surface area contributed by atoms with Crippen LogP contribution >= 0.6 is 11.6 Å². The van der Waals surface area contributed by atoms with Crippen LogP contribution in [0.25, 0.3) is 0 Å². The molecule has 0 aliphatic rings. The monoisotopic (exact) mass is 256 g/mol. The van der Waals surface area contributed by atoms with Crippen molar-refractivity contribution in [2.75, 3.05) is 26.8 Å². The van der Waals surface area contributed by atoms with E-state index < -0.39 is 0 Å². The highest BCUT2D eigenvalue weighted by Crippen LogP contribution is 2.09. The highest BCUT2D eigenvalue weighted by Gasteiger charge is 2.00. The van der Waals surface area contributed by atoms with Gasteiger partial charge in [-0.2, -0.15) is 0 Å². The van der Waals surface area contributed by atoms with Crippen molar-refractivity contribution in [1.82, 2.24) is 10.6 Å². The number of carbonyl (C=O) groups is 1. The standard InChI is InChI=1S/C12H17ClN2O2/c1-17-6-5-14-9-12(16)15-8-10-3-2-4-11(13)7-10/h2-4,7,14H,5-6,8-9H2,1H3,(H,15,16). The molecule has 2 N–H and O–H groups in total. The van der Waals surface area contributed by atoms with Gasteiger partial charge in [0.1, 0.15) is 0 Å². The first-order valence-corrected chi connectivity index (χ1v) is 5.81. The van der Waals surface area contributed by atoms with E-state index in [2.05, 4.69) is 10.6 Å². The Hall–Kier alpha value is -1.10. The molecule has 0 spiro atoms. The van der Waals surface area contributed by atoms with Crippen LogP contribution in [0.5, 0.6) is 0 Å². The van der Waals surface area contributed by atoms with Gasteiger partial charge in [-0.1, -0.05) is 23.7 Å². The second-order valence-corrected chi connectivity index (χ2v) is 4.01. The summed E-state index contributed by atoms with van der Waals surface area (Å²) in [5.74, 6) is -0.0407. The molecule has 4 nitrogen and oxygen atoms in total. The predicted molar refractivity (Wildman–Crippen MR) is 68.0 cm³/mol. The lowest BCUT2D eigenvalue weighted by Crippen LogP contribution is -2.34. The minimum Gasteiger partial charge on any atom is -0.383 e. The molecule has 0 fully saturated rings. The number of carbonyl (C=O) groups excluding carboxylic acids is 1. The van der Waals surface area contributed by atoms with Gasteiger partial charge in [0.25, 0.3) is 0 Å². The Morgan fingerprint density at radius 1 is 1.47 bits per heavy atom. The Labute approximate surface area is 106 Å². The van der Waals surface area contributed by atoms with Gasteiger partial charge in [0.15, 0.2) is 0 Å². The van der Waals surface area contributed by atoms with E-state index >= 15 is 0 Å². The first-order chi connectivity index (χ1) is 8.22. The smallest absolute Gasteiger partial charge is 0.234 e. The number of benzene rings is 1. The maximum Gasteiger partial charge on any atom is 0.234 e. The highest BCUT2D eigenvalue weighted by atomic mass is 35.5. The van der Waals surface area contributed by atoms with Gasteiger partial charge in [0, 0.05) is 25.2 Å². The lowest BCUT2D eigenvalue weighted by Gasteiger charge is -2.06. The molecule has 0 bridgehead atoms. The molecule has 0 saturated carbocycles. The molecule has 0 aliphatic heterocycles. The van der Waals surface area contributed by atoms with Crippen LogP contribution in [-0.4, -0.2) is 32.7 Å². The summed E-state index contributed by atoms with van der Waals surface area (Å²) in [5, 5.41) is 6.45. The maximum absolute atomic E-state index is 11.4. The van der Waals surface area contributed by atoms with Gasteiger partial charge in [-0.3, -0.25) is 4.79 Å². The van der Waals surface area contributed by atoms with Gasteiger partial charge in [0.05, 0.1) is 13.2 Å². The Balaban J connectivity index is 2.19. The van der Waals surface area contributed by atoms with Crippen molar-refractivity contribution in [2.24, 2.45) is 0 Å². The van der Waals surface area contributed by atoms with Crippen LogP contribution in [0, 0.1) is 0 Å². The third-order valence-corrected chi connectivity index (χ3v) is 2.38. The van der Waals surface area contributed by atoms with Crippen LogP contribution < -0.4 is 10.6 Å². The van der Waals surface area contributed by atoms with Gasteiger partial charge in [-0.15, -0.1) is 0 Å². The molecule has 0 saturated heterocycles. The Morgan fingerprint density at radius 2 is 2.29 bits per heavy atom. The van der Waals surface area contributed by atoms with E-state index in [1.54, 1.807) is 13.2 Å². The second kappa shape index (κ2) is 8.06. The van der Waals surface area contributed by atoms with Gasteiger partial charge in [-0.05, 0) is 17.7 Å². The van der Waals surface area contributed by atoms with Crippen LogP contribution in [-0.2, 0) is 16.1 Å². The molecule has 17 heavy (non-hydrogen) atoms. The summed E-state index contributed by atoms with van der Waals surface area (Å²) in [6, 6.07) is 7.42. The highest BCUT2D eigenvalue weighted by molar-refractivity contribution is 6.30. The van der Waals surface area contributed by atoms with Crippen molar-refractivity contribution in [3.05, 3.63) is 34.9 Å². The van der Waals surface area contributed by atoms with Gasteiger partial charge < -0.3 is 15.4 Å². The normalized spacial score (nSPS) is 10.2. The molecule has 94 valence electrons. The fraction of sp³-hybridized carbons (Fsp3) is 0.417. The summed E-state index contributed by atoms with van der Waals surface area (Å²) in [7, 11) is 1.63. The minimum absolute atomic E-state index is 0.0407. The zero-order valence-electron chi connectivity index (χ0n) is 9.83. The van der Waals surface area contributed by atoms with Crippen molar-refractivity contribution >= 4 is 17.5 Å². The van der Waals surface area contributed by atoms with Gasteiger partial charge in [-0.25, -0.2) is 0 Å². The van der Waals surface area contributed by atoms with Crippen LogP contribution in [0.4, 0.5) is 0 Å². The molecule has 1 rings (SSSR count). The predicted octanol–water partition coefficient (Wildman–Crippen LogP) is 1.19. The average Bonchev–Trinajstić information content (AvgIpc) is 2.32. The summed E-state index contributed by atoms with van der Waals surface area (Å²) >= 11 is 5.84.